The highest BCUT2D eigenvalue weighted by Gasteiger charge is 2.52. The number of rotatable bonds is 5. The molecule has 3 aliphatic rings. The van der Waals surface area contributed by atoms with Gasteiger partial charge >= 0.3 is 5.97 Å². The predicted octanol–water partition coefficient (Wildman–Crippen LogP) is 2.29. The number of esters is 1. The number of allylic oxidation sites excluding steroid dienone is 2. The van der Waals surface area contributed by atoms with Crippen molar-refractivity contribution in [3.05, 3.63) is 41.8 Å². The lowest BCUT2D eigenvalue weighted by Gasteiger charge is -2.22. The lowest BCUT2D eigenvalue weighted by Crippen LogP contribution is -2.27. The molecule has 132 valence electrons. The van der Waals surface area contributed by atoms with Crippen LogP contribution >= 0.6 is 0 Å². The molecule has 1 aliphatic carbocycles. The minimum atomic E-state index is -0.440. The SMILES string of the molecule is COC(=O)C1(COC2=CC=C(c3ccc4c(c3)OCCN4)CN2)CC1. The maximum atomic E-state index is 11.8. The summed E-state index contributed by atoms with van der Waals surface area (Å²) in [7, 11) is 1.42. The van der Waals surface area contributed by atoms with Gasteiger partial charge in [-0.2, -0.15) is 0 Å². The van der Waals surface area contributed by atoms with Gasteiger partial charge in [0.2, 0.25) is 0 Å². The number of carbonyl (C=O) groups excluding carboxylic acids is 1. The molecular formula is C19H22N2O4. The zero-order valence-electron chi connectivity index (χ0n) is 14.3. The fourth-order valence-corrected chi connectivity index (χ4v) is 3.10. The Bertz CT molecular complexity index is 750. The summed E-state index contributed by atoms with van der Waals surface area (Å²) >= 11 is 0. The Balaban J connectivity index is 1.42. The Hall–Kier alpha value is -2.63. The summed E-state index contributed by atoms with van der Waals surface area (Å²) in [4.78, 5) is 11.8. The van der Waals surface area contributed by atoms with Crippen LogP contribution in [-0.4, -0.2) is 39.4 Å². The third-order valence-corrected chi connectivity index (χ3v) is 4.89. The van der Waals surface area contributed by atoms with E-state index < -0.39 is 5.41 Å². The summed E-state index contributed by atoms with van der Waals surface area (Å²) < 4.78 is 16.3. The molecule has 1 fully saturated rings. The first-order valence-electron chi connectivity index (χ1n) is 8.57. The topological polar surface area (TPSA) is 68.8 Å². The highest BCUT2D eigenvalue weighted by molar-refractivity contribution is 5.80. The second-order valence-corrected chi connectivity index (χ2v) is 6.62. The number of methoxy groups -OCH3 is 1. The van der Waals surface area contributed by atoms with E-state index in [4.69, 9.17) is 14.2 Å². The van der Waals surface area contributed by atoms with E-state index in [1.165, 1.54) is 12.7 Å². The van der Waals surface area contributed by atoms with Gasteiger partial charge in [-0.1, -0.05) is 12.1 Å². The van der Waals surface area contributed by atoms with E-state index in [0.29, 0.717) is 25.6 Å². The average molecular weight is 342 g/mol. The summed E-state index contributed by atoms with van der Waals surface area (Å²) in [5, 5.41) is 6.59. The van der Waals surface area contributed by atoms with E-state index in [1.807, 2.05) is 18.2 Å². The smallest absolute Gasteiger partial charge is 0.315 e. The summed E-state index contributed by atoms with van der Waals surface area (Å²) in [6, 6.07) is 6.20. The van der Waals surface area contributed by atoms with Gasteiger partial charge in [0.15, 0.2) is 5.88 Å². The first-order valence-corrected chi connectivity index (χ1v) is 8.57. The van der Waals surface area contributed by atoms with Crippen molar-refractivity contribution in [2.24, 2.45) is 5.41 Å². The zero-order valence-corrected chi connectivity index (χ0v) is 14.3. The van der Waals surface area contributed by atoms with Gasteiger partial charge in [-0.05, 0) is 42.2 Å². The van der Waals surface area contributed by atoms with Crippen LogP contribution in [0.5, 0.6) is 5.75 Å². The van der Waals surface area contributed by atoms with Gasteiger partial charge in [-0.25, -0.2) is 0 Å². The van der Waals surface area contributed by atoms with Crippen LogP contribution in [0.1, 0.15) is 18.4 Å². The van der Waals surface area contributed by atoms with Gasteiger partial charge in [0.1, 0.15) is 24.4 Å². The summed E-state index contributed by atoms with van der Waals surface area (Å²) in [6.45, 7) is 2.56. The van der Waals surface area contributed by atoms with Gasteiger partial charge < -0.3 is 24.8 Å². The van der Waals surface area contributed by atoms with Gasteiger partial charge in [-0.15, -0.1) is 0 Å². The standard InChI is InChI=1S/C19H22N2O4/c1-23-18(22)19(6-7-19)12-25-17-5-3-14(11-21-17)13-2-4-15-16(10-13)24-9-8-20-15/h2-5,10,20-21H,6-9,11-12H2,1H3. The van der Waals surface area contributed by atoms with Crippen LogP contribution in [0.15, 0.2) is 36.2 Å². The van der Waals surface area contributed by atoms with Crippen LogP contribution < -0.4 is 15.4 Å². The molecule has 0 unspecified atom stereocenters. The number of benzene rings is 1. The molecule has 2 aliphatic heterocycles. The third kappa shape index (κ3) is 3.16. The van der Waals surface area contributed by atoms with E-state index in [0.717, 1.165) is 36.4 Å². The Morgan fingerprint density at radius 1 is 1.28 bits per heavy atom. The first-order chi connectivity index (χ1) is 12.2. The number of anilines is 1. The monoisotopic (exact) mass is 342 g/mol. The Morgan fingerprint density at radius 2 is 2.16 bits per heavy atom. The van der Waals surface area contributed by atoms with E-state index in [9.17, 15) is 4.79 Å². The normalized spacial score (nSPS) is 19.9. The molecule has 0 atom stereocenters. The fraction of sp³-hybridized carbons (Fsp3) is 0.421. The molecule has 1 aromatic carbocycles. The maximum Gasteiger partial charge on any atom is 0.315 e. The van der Waals surface area contributed by atoms with Crippen molar-refractivity contribution in [2.45, 2.75) is 12.8 Å². The minimum absolute atomic E-state index is 0.178. The quantitative estimate of drug-likeness (QED) is 0.800. The van der Waals surface area contributed by atoms with Gasteiger partial charge in [0, 0.05) is 13.1 Å². The number of carbonyl (C=O) groups is 1. The van der Waals surface area contributed by atoms with Crippen LogP contribution in [0.2, 0.25) is 0 Å². The zero-order chi connectivity index (χ0) is 17.3. The molecule has 0 amide bonds. The lowest BCUT2D eigenvalue weighted by atomic mass is 10.0. The second-order valence-electron chi connectivity index (χ2n) is 6.62. The third-order valence-electron chi connectivity index (χ3n) is 4.89. The molecule has 0 bridgehead atoms. The maximum absolute atomic E-state index is 11.8. The van der Waals surface area contributed by atoms with Crippen molar-refractivity contribution < 1.29 is 19.0 Å². The van der Waals surface area contributed by atoms with Crippen molar-refractivity contribution >= 4 is 17.2 Å². The second kappa shape index (κ2) is 6.35. The summed E-state index contributed by atoms with van der Waals surface area (Å²) in [6.07, 6.45) is 5.61. The molecule has 2 heterocycles. The molecule has 25 heavy (non-hydrogen) atoms. The van der Waals surface area contributed by atoms with E-state index in [1.54, 1.807) is 0 Å². The van der Waals surface area contributed by atoms with E-state index >= 15 is 0 Å². The molecule has 1 saturated carbocycles. The number of dihydropyridines is 1. The summed E-state index contributed by atoms with van der Waals surface area (Å²) in [5.41, 5.74) is 2.89. The largest absolute Gasteiger partial charge is 0.490 e. The van der Waals surface area contributed by atoms with Crippen LogP contribution in [0, 0.1) is 5.41 Å². The van der Waals surface area contributed by atoms with Crippen LogP contribution in [0.3, 0.4) is 0 Å². The molecule has 2 N–H and O–H groups in total. The molecule has 0 aromatic heterocycles. The molecule has 0 radical (unpaired) electrons. The van der Waals surface area contributed by atoms with Gasteiger partial charge in [0.25, 0.3) is 0 Å². The van der Waals surface area contributed by atoms with Gasteiger partial charge in [0.05, 0.1) is 12.8 Å². The van der Waals surface area contributed by atoms with E-state index in [-0.39, 0.29) is 5.97 Å². The fourth-order valence-electron chi connectivity index (χ4n) is 3.10. The Morgan fingerprint density at radius 3 is 2.88 bits per heavy atom. The van der Waals surface area contributed by atoms with Crippen LogP contribution in [0.25, 0.3) is 5.57 Å². The van der Waals surface area contributed by atoms with Crippen molar-refractivity contribution in [1.82, 2.24) is 5.32 Å². The molecular weight excluding hydrogens is 320 g/mol. The van der Waals surface area contributed by atoms with Crippen LogP contribution in [-0.2, 0) is 14.3 Å². The molecule has 0 saturated heterocycles. The number of hydrogen-bond acceptors (Lipinski definition) is 6. The van der Waals surface area contributed by atoms with Crippen molar-refractivity contribution in [2.75, 3.05) is 38.7 Å². The number of hydrogen-bond donors (Lipinski definition) is 2. The minimum Gasteiger partial charge on any atom is -0.490 e. The van der Waals surface area contributed by atoms with E-state index in [2.05, 4.69) is 22.8 Å². The molecule has 6 heteroatoms. The molecule has 6 nitrogen and oxygen atoms in total. The van der Waals surface area contributed by atoms with Crippen molar-refractivity contribution in [3.63, 3.8) is 0 Å². The number of nitrogens with one attached hydrogen (secondary N) is 2. The Labute approximate surface area is 146 Å². The average Bonchev–Trinajstić information content (AvgIpc) is 3.47. The first kappa shape index (κ1) is 15.9. The lowest BCUT2D eigenvalue weighted by molar-refractivity contribution is -0.149. The molecule has 0 spiro atoms. The number of fused-ring (bicyclic) bond motifs is 1. The van der Waals surface area contributed by atoms with Crippen molar-refractivity contribution in [3.8, 4) is 5.75 Å². The van der Waals surface area contributed by atoms with Crippen LogP contribution in [0.4, 0.5) is 5.69 Å². The van der Waals surface area contributed by atoms with Crippen molar-refractivity contribution in [1.29, 1.82) is 0 Å². The Kier molecular flexibility index (Phi) is 4.03. The molecule has 4 rings (SSSR count). The highest BCUT2D eigenvalue weighted by atomic mass is 16.5. The highest BCUT2D eigenvalue weighted by Crippen LogP contribution is 2.47. The summed E-state index contributed by atoms with van der Waals surface area (Å²) in [5.74, 6) is 1.40. The van der Waals surface area contributed by atoms with Gasteiger partial charge in [-0.3, -0.25) is 4.79 Å². The predicted molar refractivity (Wildman–Crippen MR) is 94.1 cm³/mol. The molecule has 1 aromatic rings. The number of ether oxygens (including phenoxy) is 3.